The number of amides is 1. The van der Waals surface area contributed by atoms with Crippen LogP contribution in [0.3, 0.4) is 0 Å². The van der Waals surface area contributed by atoms with Crippen LogP contribution < -0.4 is 14.8 Å². The highest BCUT2D eigenvalue weighted by Gasteiger charge is 2.29. The Bertz CT molecular complexity index is 1010. The summed E-state index contributed by atoms with van der Waals surface area (Å²) in [5.74, 6) is -0.244. The normalized spacial score (nSPS) is 11.2. The zero-order valence-electron chi connectivity index (χ0n) is 14.7. The van der Waals surface area contributed by atoms with Gasteiger partial charge in [0.05, 0.1) is 11.9 Å². The number of alkyl halides is 3. The van der Waals surface area contributed by atoms with Crippen LogP contribution in [0.5, 0.6) is 10.9 Å². The molecule has 0 atom stereocenters. The van der Waals surface area contributed by atoms with Crippen LogP contribution in [0.1, 0.15) is 5.69 Å². The Labute approximate surface area is 171 Å². The predicted molar refractivity (Wildman–Crippen MR) is 101 cm³/mol. The molecule has 0 aliphatic carbocycles. The van der Waals surface area contributed by atoms with Crippen molar-refractivity contribution in [2.75, 3.05) is 11.9 Å². The minimum absolute atomic E-state index is 0.189. The molecule has 0 unspecified atom stereocenters. The van der Waals surface area contributed by atoms with Crippen molar-refractivity contribution in [2.45, 2.75) is 13.1 Å². The van der Waals surface area contributed by atoms with Crippen molar-refractivity contribution in [3.63, 3.8) is 0 Å². The Morgan fingerprint density at radius 2 is 2.00 bits per heavy atom. The summed E-state index contributed by atoms with van der Waals surface area (Å²) in [6.45, 7) is 0.117. The highest BCUT2D eigenvalue weighted by atomic mass is 35.5. The second-order valence-corrected chi connectivity index (χ2v) is 6.80. The molecule has 1 aromatic carbocycles. The largest absolute Gasteiger partial charge is 0.468 e. The van der Waals surface area contributed by atoms with Crippen molar-refractivity contribution < 1.29 is 27.4 Å². The van der Waals surface area contributed by atoms with Gasteiger partial charge in [-0.3, -0.25) is 5.32 Å². The molecule has 29 heavy (non-hydrogen) atoms. The number of anilines is 1. The maximum Gasteiger partial charge on any atom is 0.422 e. The minimum Gasteiger partial charge on any atom is -0.468 e. The van der Waals surface area contributed by atoms with Gasteiger partial charge in [0.25, 0.3) is 0 Å². The number of hydrogen-bond donors (Lipinski definition) is 1. The first kappa shape index (κ1) is 20.8. The van der Waals surface area contributed by atoms with Crippen molar-refractivity contribution in [1.29, 1.82) is 0 Å². The van der Waals surface area contributed by atoms with Gasteiger partial charge in [0, 0.05) is 22.1 Å². The number of hydrogen-bond acceptors (Lipinski definition) is 7. The summed E-state index contributed by atoms with van der Waals surface area (Å²) in [5.41, 5.74) is 1.37. The molecular weight excluding hydrogens is 433 g/mol. The maximum absolute atomic E-state index is 12.5. The van der Waals surface area contributed by atoms with E-state index in [1.54, 1.807) is 31.2 Å². The van der Waals surface area contributed by atoms with Gasteiger partial charge in [0.1, 0.15) is 5.69 Å². The van der Waals surface area contributed by atoms with Gasteiger partial charge in [-0.2, -0.15) is 13.2 Å². The number of aryl methyl sites for hydroxylation is 1. The van der Waals surface area contributed by atoms with Crippen molar-refractivity contribution in [3.05, 3.63) is 47.2 Å². The lowest BCUT2D eigenvalue weighted by molar-refractivity contribution is -0.154. The molecule has 12 heteroatoms. The minimum atomic E-state index is -4.53. The van der Waals surface area contributed by atoms with E-state index in [0.29, 0.717) is 16.3 Å². The van der Waals surface area contributed by atoms with Crippen molar-refractivity contribution in [2.24, 2.45) is 0 Å². The number of nitrogens with one attached hydrogen (secondary N) is 1. The zero-order valence-corrected chi connectivity index (χ0v) is 16.2. The molecule has 3 rings (SSSR count). The summed E-state index contributed by atoms with van der Waals surface area (Å²) >= 11 is 6.76. The fourth-order valence-corrected chi connectivity index (χ4v) is 2.82. The van der Waals surface area contributed by atoms with Crippen LogP contribution >= 0.6 is 23.1 Å². The van der Waals surface area contributed by atoms with Crippen molar-refractivity contribution in [3.8, 4) is 22.1 Å². The number of aromatic nitrogens is 3. The fourth-order valence-electron chi connectivity index (χ4n) is 2.17. The first-order valence-electron chi connectivity index (χ1n) is 7.94. The Balaban J connectivity index is 1.85. The van der Waals surface area contributed by atoms with Crippen molar-refractivity contribution in [1.82, 2.24) is 14.6 Å². The van der Waals surface area contributed by atoms with Gasteiger partial charge in [-0.05, 0) is 30.7 Å². The summed E-state index contributed by atoms with van der Waals surface area (Å²) in [7, 11) is 0. The second kappa shape index (κ2) is 8.62. The Morgan fingerprint density at radius 3 is 2.62 bits per heavy atom. The SMILES string of the molecule is Cc1nnsc1OC(=O)Nc1cnc(OCC(F)(F)F)c(-c2ccc(Cl)cc2)c1. The lowest BCUT2D eigenvalue weighted by Gasteiger charge is -2.14. The van der Waals surface area contributed by atoms with E-state index in [-0.39, 0.29) is 22.2 Å². The van der Waals surface area contributed by atoms with Gasteiger partial charge in [-0.1, -0.05) is 28.2 Å². The second-order valence-electron chi connectivity index (χ2n) is 5.65. The molecule has 152 valence electrons. The quantitative estimate of drug-likeness (QED) is 0.588. The fraction of sp³-hybridized carbons (Fsp3) is 0.176. The number of pyridine rings is 1. The molecule has 0 saturated heterocycles. The Kier molecular flexibility index (Phi) is 6.18. The lowest BCUT2D eigenvalue weighted by atomic mass is 10.1. The maximum atomic E-state index is 12.5. The topological polar surface area (TPSA) is 86.2 Å². The standard InChI is InChI=1S/C17H12ClF3N4O3S/c1-9-15(29-25-24-9)28-16(26)23-12-6-13(10-2-4-11(18)5-3-10)14(22-7-12)27-8-17(19,20)21/h2-7H,8H2,1H3,(H,23,26). The number of nitrogens with zero attached hydrogens (tertiary/aromatic N) is 3. The van der Waals surface area contributed by atoms with Crippen LogP contribution in [0.4, 0.5) is 23.7 Å². The molecule has 0 aliphatic heterocycles. The van der Waals surface area contributed by atoms with Gasteiger partial charge in [-0.15, -0.1) is 5.10 Å². The zero-order chi connectivity index (χ0) is 21.0. The summed E-state index contributed by atoms with van der Waals surface area (Å²) < 4.78 is 51.2. The third-order valence-corrected chi connectivity index (χ3v) is 4.38. The number of rotatable bonds is 5. The third kappa shape index (κ3) is 5.78. The van der Waals surface area contributed by atoms with Crippen LogP contribution in [0.25, 0.3) is 11.1 Å². The average Bonchev–Trinajstić information content (AvgIpc) is 3.05. The van der Waals surface area contributed by atoms with Crippen LogP contribution in [0.15, 0.2) is 36.5 Å². The molecule has 3 aromatic rings. The molecule has 2 heterocycles. The molecule has 0 bridgehead atoms. The molecule has 0 fully saturated rings. The summed E-state index contributed by atoms with van der Waals surface area (Å²) in [6.07, 6.45) is -4.20. The molecule has 2 aromatic heterocycles. The van der Waals surface area contributed by atoms with E-state index < -0.39 is 18.9 Å². The van der Waals surface area contributed by atoms with Gasteiger partial charge in [0.2, 0.25) is 10.9 Å². The van der Waals surface area contributed by atoms with Gasteiger partial charge < -0.3 is 9.47 Å². The smallest absolute Gasteiger partial charge is 0.422 e. The van der Waals surface area contributed by atoms with E-state index in [0.717, 1.165) is 17.7 Å². The lowest BCUT2D eigenvalue weighted by Crippen LogP contribution is -2.20. The average molecular weight is 445 g/mol. The molecule has 0 radical (unpaired) electrons. The Hall–Kier alpha value is -2.92. The van der Waals surface area contributed by atoms with Crippen LogP contribution in [-0.2, 0) is 0 Å². The molecule has 0 aliphatic rings. The van der Waals surface area contributed by atoms with Gasteiger partial charge >= 0.3 is 12.3 Å². The molecular formula is C17H12ClF3N4O3S. The van der Waals surface area contributed by atoms with Crippen LogP contribution in [0, 0.1) is 6.92 Å². The highest BCUT2D eigenvalue weighted by molar-refractivity contribution is 7.07. The van der Waals surface area contributed by atoms with E-state index in [2.05, 4.69) is 19.9 Å². The van der Waals surface area contributed by atoms with Crippen molar-refractivity contribution >= 4 is 34.9 Å². The number of benzene rings is 1. The number of carbonyl (C=O) groups excluding carboxylic acids is 1. The summed E-state index contributed by atoms with van der Waals surface area (Å²) in [5, 5.41) is 6.84. The molecule has 1 amide bonds. The number of halogens is 4. The first-order valence-corrected chi connectivity index (χ1v) is 9.10. The van der Waals surface area contributed by atoms with Gasteiger partial charge in [-0.25, -0.2) is 9.78 Å². The molecule has 1 N–H and O–H groups in total. The van der Waals surface area contributed by atoms with Crippen LogP contribution in [-0.4, -0.2) is 33.4 Å². The summed E-state index contributed by atoms with van der Waals surface area (Å²) in [4.78, 5) is 16.0. The van der Waals surface area contributed by atoms with E-state index in [1.165, 1.54) is 6.07 Å². The molecule has 7 nitrogen and oxygen atoms in total. The van der Waals surface area contributed by atoms with E-state index >= 15 is 0 Å². The van der Waals surface area contributed by atoms with Gasteiger partial charge in [0.15, 0.2) is 6.61 Å². The molecule has 0 spiro atoms. The van der Waals surface area contributed by atoms with E-state index in [4.69, 9.17) is 21.1 Å². The predicted octanol–water partition coefficient (Wildman–Crippen LogP) is 5.11. The number of carbonyl (C=O) groups is 1. The highest BCUT2D eigenvalue weighted by Crippen LogP contribution is 2.32. The monoisotopic (exact) mass is 444 g/mol. The third-order valence-electron chi connectivity index (χ3n) is 3.42. The number of ether oxygens (including phenoxy) is 2. The van der Waals surface area contributed by atoms with Crippen LogP contribution in [0.2, 0.25) is 5.02 Å². The Morgan fingerprint density at radius 1 is 1.28 bits per heavy atom. The molecule has 0 saturated carbocycles. The first-order chi connectivity index (χ1) is 13.7. The van der Waals surface area contributed by atoms with E-state index in [1.807, 2.05) is 0 Å². The van der Waals surface area contributed by atoms with E-state index in [9.17, 15) is 18.0 Å². The summed E-state index contributed by atoms with van der Waals surface area (Å²) in [6, 6.07) is 7.74.